The molecule has 0 aliphatic carbocycles. The Bertz CT molecular complexity index is 437. The molecule has 0 aromatic heterocycles. The molecule has 74 valence electrons. The Kier molecular flexibility index (Phi) is 3.26. The van der Waals surface area contributed by atoms with Crippen molar-refractivity contribution in [3.63, 3.8) is 0 Å². The number of benzene rings is 2. The van der Waals surface area contributed by atoms with Crippen molar-refractivity contribution in [1.29, 1.82) is 5.41 Å². The van der Waals surface area contributed by atoms with Gasteiger partial charge in [-0.05, 0) is 19.4 Å². The maximum atomic E-state index is 7.98. The van der Waals surface area contributed by atoms with Gasteiger partial charge in [-0.15, -0.1) is 0 Å². The summed E-state index contributed by atoms with van der Waals surface area (Å²) in [4.78, 5) is 0. The average molecular weight is 213 g/mol. The Morgan fingerprint density at radius 2 is 1.33 bits per heavy atom. The molecule has 0 fully saturated rings. The monoisotopic (exact) mass is 213 g/mol. The van der Waals surface area contributed by atoms with Crippen LogP contribution >= 0.6 is 8.58 Å². The lowest BCUT2D eigenvalue weighted by molar-refractivity contribution is 1.52. The molecule has 2 rings (SSSR count). The molecule has 0 spiro atoms. The lowest BCUT2D eigenvalue weighted by Crippen LogP contribution is -1.99. The van der Waals surface area contributed by atoms with E-state index >= 15 is 0 Å². The Labute approximate surface area is 91.5 Å². The Morgan fingerprint density at radius 3 is 1.93 bits per heavy atom. The second-order valence-corrected chi connectivity index (χ2v) is 4.56. The molecule has 0 bridgehead atoms. The van der Waals surface area contributed by atoms with Gasteiger partial charge in [0.25, 0.3) is 0 Å². The van der Waals surface area contributed by atoms with Crippen LogP contribution in [0.3, 0.4) is 0 Å². The van der Waals surface area contributed by atoms with Gasteiger partial charge in [0.1, 0.15) is 0 Å². The number of rotatable bonds is 3. The highest BCUT2D eigenvalue weighted by Crippen LogP contribution is 2.17. The van der Waals surface area contributed by atoms with Crippen molar-refractivity contribution in [3.05, 3.63) is 66.2 Å². The van der Waals surface area contributed by atoms with Crippen LogP contribution in [0.4, 0.5) is 0 Å². The van der Waals surface area contributed by atoms with E-state index in [1.807, 2.05) is 48.5 Å². The zero-order valence-corrected chi connectivity index (χ0v) is 9.27. The lowest BCUT2D eigenvalue weighted by Gasteiger charge is -2.03. The first-order chi connectivity index (χ1) is 7.36. The molecule has 0 aliphatic rings. The maximum Gasteiger partial charge on any atom is 0.0627 e. The van der Waals surface area contributed by atoms with Crippen LogP contribution in [-0.4, -0.2) is 5.45 Å². The van der Waals surface area contributed by atoms with Crippen molar-refractivity contribution in [2.75, 3.05) is 0 Å². The molecule has 2 heteroatoms. The molecule has 1 atom stereocenters. The van der Waals surface area contributed by atoms with Gasteiger partial charge >= 0.3 is 0 Å². The largest absolute Gasteiger partial charge is 0.300 e. The fourth-order valence-electron chi connectivity index (χ4n) is 1.34. The highest BCUT2D eigenvalue weighted by atomic mass is 31.1. The molecule has 0 radical (unpaired) electrons. The molecule has 2 aromatic rings. The third-order valence-corrected chi connectivity index (χ3v) is 3.27. The van der Waals surface area contributed by atoms with Gasteiger partial charge in [-0.25, -0.2) is 0 Å². The van der Waals surface area contributed by atoms with Gasteiger partial charge in [-0.1, -0.05) is 60.7 Å². The van der Waals surface area contributed by atoms with Gasteiger partial charge in [-0.2, -0.15) is 0 Å². The van der Waals surface area contributed by atoms with Crippen LogP contribution in [0.1, 0.15) is 5.56 Å². The van der Waals surface area contributed by atoms with Crippen LogP contribution in [0, 0.1) is 5.41 Å². The standard InChI is InChI=1S/C13H12NP/c14-13(11-7-3-1-4-8-11)15-12-9-5-2-6-10-12/h1-10,14-15H. The molecule has 1 N–H and O–H groups in total. The molecular formula is C13H12NP. The van der Waals surface area contributed by atoms with Gasteiger partial charge in [0, 0.05) is 0 Å². The van der Waals surface area contributed by atoms with E-state index in [-0.39, 0.29) is 0 Å². The molecule has 2 aromatic carbocycles. The molecule has 0 saturated heterocycles. The van der Waals surface area contributed by atoms with E-state index in [2.05, 4.69) is 12.1 Å². The molecule has 1 nitrogen and oxygen atoms in total. The van der Waals surface area contributed by atoms with Gasteiger partial charge in [0.05, 0.1) is 5.45 Å². The fourth-order valence-corrected chi connectivity index (χ4v) is 2.30. The Hall–Kier alpha value is -1.46. The SMILES string of the molecule is N=C(Pc1ccccc1)c1ccccc1. The van der Waals surface area contributed by atoms with E-state index in [1.165, 1.54) is 5.30 Å². The highest BCUT2D eigenvalue weighted by molar-refractivity contribution is 7.66. The minimum Gasteiger partial charge on any atom is -0.300 e. The molecule has 1 unspecified atom stereocenters. The first-order valence-electron chi connectivity index (χ1n) is 4.82. The average Bonchev–Trinajstić information content (AvgIpc) is 2.31. The zero-order valence-electron chi connectivity index (χ0n) is 8.27. The Morgan fingerprint density at radius 1 is 0.800 bits per heavy atom. The molecule has 0 aliphatic heterocycles. The van der Waals surface area contributed by atoms with Crippen molar-refractivity contribution in [1.82, 2.24) is 0 Å². The number of nitrogens with one attached hydrogen (secondary N) is 1. The molecule has 0 heterocycles. The summed E-state index contributed by atoms with van der Waals surface area (Å²) in [6, 6.07) is 20.0. The molecular weight excluding hydrogens is 201 g/mol. The highest BCUT2D eigenvalue weighted by Gasteiger charge is 2.00. The summed E-state index contributed by atoms with van der Waals surface area (Å²) in [5.74, 6) is 0. The van der Waals surface area contributed by atoms with Crippen LogP contribution in [0.5, 0.6) is 0 Å². The van der Waals surface area contributed by atoms with Crippen LogP contribution < -0.4 is 5.30 Å². The third-order valence-electron chi connectivity index (χ3n) is 2.11. The minimum absolute atomic E-state index is 0.439. The van der Waals surface area contributed by atoms with Crippen molar-refractivity contribution < 1.29 is 0 Å². The van der Waals surface area contributed by atoms with Crippen molar-refractivity contribution >= 4 is 19.3 Å². The van der Waals surface area contributed by atoms with E-state index in [1.54, 1.807) is 0 Å². The van der Waals surface area contributed by atoms with Crippen LogP contribution in [0.2, 0.25) is 0 Å². The van der Waals surface area contributed by atoms with Gasteiger partial charge in [-0.3, -0.25) is 5.41 Å². The summed E-state index contributed by atoms with van der Waals surface area (Å²) >= 11 is 0. The van der Waals surface area contributed by atoms with Gasteiger partial charge in [0.15, 0.2) is 0 Å². The van der Waals surface area contributed by atoms with Crippen molar-refractivity contribution in [2.45, 2.75) is 0 Å². The van der Waals surface area contributed by atoms with Crippen molar-refractivity contribution in [2.24, 2.45) is 0 Å². The van der Waals surface area contributed by atoms with E-state index < -0.39 is 0 Å². The molecule has 0 amide bonds. The smallest absolute Gasteiger partial charge is 0.0627 e. The third kappa shape index (κ3) is 2.74. The summed E-state index contributed by atoms with van der Waals surface area (Å²) in [5.41, 5.74) is 1.71. The van der Waals surface area contributed by atoms with Crippen LogP contribution in [-0.2, 0) is 0 Å². The quantitative estimate of drug-likeness (QED) is 0.598. The lowest BCUT2D eigenvalue weighted by atomic mass is 10.2. The zero-order chi connectivity index (χ0) is 10.5. The predicted molar refractivity (Wildman–Crippen MR) is 67.7 cm³/mol. The summed E-state index contributed by atoms with van der Waals surface area (Å²) < 4.78 is 0. The summed E-state index contributed by atoms with van der Waals surface area (Å²) in [6.45, 7) is 0. The number of hydrogen-bond acceptors (Lipinski definition) is 1. The van der Waals surface area contributed by atoms with E-state index in [0.717, 1.165) is 5.56 Å². The second-order valence-electron chi connectivity index (χ2n) is 3.23. The first-order valence-corrected chi connectivity index (χ1v) is 5.82. The van der Waals surface area contributed by atoms with E-state index in [9.17, 15) is 0 Å². The van der Waals surface area contributed by atoms with Crippen molar-refractivity contribution in [3.8, 4) is 0 Å². The van der Waals surface area contributed by atoms with Crippen LogP contribution in [0.15, 0.2) is 60.7 Å². The predicted octanol–water partition coefficient (Wildman–Crippen LogP) is 3.02. The Balaban J connectivity index is 2.12. The molecule has 0 saturated carbocycles. The molecule has 15 heavy (non-hydrogen) atoms. The van der Waals surface area contributed by atoms with Gasteiger partial charge in [0.2, 0.25) is 0 Å². The van der Waals surface area contributed by atoms with Crippen LogP contribution in [0.25, 0.3) is 0 Å². The fraction of sp³-hybridized carbons (Fsp3) is 0. The summed E-state index contributed by atoms with van der Waals surface area (Å²) in [5, 5.41) is 9.19. The van der Waals surface area contributed by atoms with E-state index in [0.29, 0.717) is 14.0 Å². The topological polar surface area (TPSA) is 23.9 Å². The number of hydrogen-bond donors (Lipinski definition) is 1. The maximum absolute atomic E-state index is 7.98. The minimum atomic E-state index is 0.439. The second kappa shape index (κ2) is 4.86. The van der Waals surface area contributed by atoms with Gasteiger partial charge < -0.3 is 0 Å². The summed E-state index contributed by atoms with van der Waals surface area (Å²) in [6.07, 6.45) is 0. The normalized spacial score (nSPS) is 10.7. The van der Waals surface area contributed by atoms with E-state index in [4.69, 9.17) is 5.41 Å². The summed E-state index contributed by atoms with van der Waals surface area (Å²) in [7, 11) is 0.439. The first kappa shape index (κ1) is 10.1.